The standard InChI is InChI=1S/C20H21N3O4/c1-4-13-7-6-8-14(5-2)18(13)22-17(24)12-23-11-16(20(26)27-3)9-15(10-21)19(23)25/h6-9,11H,4-5,12H2,1-3H3,(H,22,24). The van der Waals surface area contributed by atoms with Crippen molar-refractivity contribution in [2.24, 2.45) is 0 Å². The van der Waals surface area contributed by atoms with Crippen molar-refractivity contribution in [1.29, 1.82) is 5.26 Å². The lowest BCUT2D eigenvalue weighted by Crippen LogP contribution is -2.30. The first-order valence-electron chi connectivity index (χ1n) is 8.58. The Hall–Kier alpha value is -3.40. The van der Waals surface area contributed by atoms with Crippen LogP contribution in [0.3, 0.4) is 0 Å². The number of anilines is 1. The Morgan fingerprint density at radius 1 is 1.22 bits per heavy atom. The molecular formula is C20H21N3O4. The van der Waals surface area contributed by atoms with Crippen LogP contribution in [0.25, 0.3) is 0 Å². The molecule has 0 unspecified atom stereocenters. The Balaban J connectivity index is 2.36. The number of hydrogen-bond donors (Lipinski definition) is 1. The van der Waals surface area contributed by atoms with E-state index in [-0.39, 0.29) is 17.7 Å². The maximum absolute atomic E-state index is 12.6. The summed E-state index contributed by atoms with van der Waals surface area (Å²) >= 11 is 0. The van der Waals surface area contributed by atoms with Gasteiger partial charge in [0, 0.05) is 11.9 Å². The normalized spacial score (nSPS) is 10.1. The molecule has 2 aromatic rings. The molecule has 0 bridgehead atoms. The summed E-state index contributed by atoms with van der Waals surface area (Å²) in [6.45, 7) is 3.67. The van der Waals surface area contributed by atoms with Crippen molar-refractivity contribution in [1.82, 2.24) is 4.57 Å². The van der Waals surface area contributed by atoms with Crippen molar-refractivity contribution in [3.8, 4) is 6.07 Å². The van der Waals surface area contributed by atoms with Gasteiger partial charge in [0.1, 0.15) is 18.2 Å². The number of carbonyl (C=O) groups excluding carboxylic acids is 2. The summed E-state index contributed by atoms with van der Waals surface area (Å²) in [6, 6.07) is 8.71. The fourth-order valence-corrected chi connectivity index (χ4v) is 2.80. The number of amides is 1. The number of hydrogen-bond acceptors (Lipinski definition) is 5. The van der Waals surface area contributed by atoms with E-state index in [9.17, 15) is 14.4 Å². The fraction of sp³-hybridized carbons (Fsp3) is 0.300. The zero-order chi connectivity index (χ0) is 20.0. The van der Waals surface area contributed by atoms with Gasteiger partial charge in [0.05, 0.1) is 12.7 Å². The summed E-state index contributed by atoms with van der Waals surface area (Å²) in [5.74, 6) is -1.11. The molecule has 0 saturated carbocycles. The van der Waals surface area contributed by atoms with Gasteiger partial charge in [-0.2, -0.15) is 5.26 Å². The Labute approximate surface area is 157 Å². The summed E-state index contributed by atoms with van der Waals surface area (Å²) < 4.78 is 5.67. The van der Waals surface area contributed by atoms with E-state index < -0.39 is 17.4 Å². The minimum Gasteiger partial charge on any atom is -0.465 e. The average Bonchev–Trinajstić information content (AvgIpc) is 2.68. The number of aromatic nitrogens is 1. The van der Waals surface area contributed by atoms with E-state index >= 15 is 0 Å². The van der Waals surface area contributed by atoms with Crippen molar-refractivity contribution in [2.45, 2.75) is 33.2 Å². The molecule has 7 nitrogen and oxygen atoms in total. The molecule has 0 saturated heterocycles. The van der Waals surface area contributed by atoms with Crippen molar-refractivity contribution in [3.63, 3.8) is 0 Å². The number of rotatable bonds is 6. The highest BCUT2D eigenvalue weighted by Crippen LogP contribution is 2.22. The minimum absolute atomic E-state index is 0.0321. The molecule has 1 heterocycles. The van der Waals surface area contributed by atoms with Crippen LogP contribution in [0.2, 0.25) is 0 Å². The molecule has 1 N–H and O–H groups in total. The third-order valence-corrected chi connectivity index (χ3v) is 4.20. The number of nitrogens with zero attached hydrogens (tertiary/aromatic N) is 2. The Bertz CT molecular complexity index is 948. The number of aryl methyl sites for hydroxylation is 2. The largest absolute Gasteiger partial charge is 0.465 e. The molecule has 2 rings (SSSR count). The van der Waals surface area contributed by atoms with E-state index in [2.05, 4.69) is 10.1 Å². The molecule has 1 aromatic heterocycles. The molecule has 0 radical (unpaired) electrons. The van der Waals surface area contributed by atoms with E-state index in [4.69, 9.17) is 5.26 Å². The number of methoxy groups -OCH3 is 1. The molecule has 7 heteroatoms. The first-order valence-corrected chi connectivity index (χ1v) is 8.58. The van der Waals surface area contributed by atoms with Crippen molar-refractivity contribution in [2.75, 3.05) is 12.4 Å². The minimum atomic E-state index is -0.690. The number of para-hydroxylation sites is 1. The molecule has 27 heavy (non-hydrogen) atoms. The second-order valence-corrected chi connectivity index (χ2v) is 5.89. The quantitative estimate of drug-likeness (QED) is 0.789. The highest BCUT2D eigenvalue weighted by molar-refractivity contribution is 5.93. The molecule has 140 valence electrons. The van der Waals surface area contributed by atoms with Crippen LogP contribution in [0.15, 0.2) is 35.3 Å². The molecule has 0 aliphatic rings. The molecule has 1 amide bonds. The van der Waals surface area contributed by atoms with Gasteiger partial charge >= 0.3 is 5.97 Å². The lowest BCUT2D eigenvalue weighted by Gasteiger charge is -2.15. The van der Waals surface area contributed by atoms with Crippen LogP contribution in [0.5, 0.6) is 0 Å². The molecule has 0 fully saturated rings. The summed E-state index contributed by atoms with van der Waals surface area (Å²) in [4.78, 5) is 36.6. The van der Waals surface area contributed by atoms with Crippen LogP contribution in [0, 0.1) is 11.3 Å². The highest BCUT2D eigenvalue weighted by Gasteiger charge is 2.16. The summed E-state index contributed by atoms with van der Waals surface area (Å²) in [5.41, 5.74) is 1.90. The fourth-order valence-electron chi connectivity index (χ4n) is 2.80. The molecule has 0 spiro atoms. The maximum atomic E-state index is 12.6. The SMILES string of the molecule is CCc1cccc(CC)c1NC(=O)Cn1cc(C(=O)OC)cc(C#N)c1=O. The van der Waals surface area contributed by atoms with Gasteiger partial charge in [-0.3, -0.25) is 9.59 Å². The van der Waals surface area contributed by atoms with Gasteiger partial charge in [-0.05, 0) is 30.0 Å². The zero-order valence-corrected chi connectivity index (χ0v) is 15.5. The van der Waals surface area contributed by atoms with Gasteiger partial charge in [0.15, 0.2) is 0 Å². The molecule has 0 aliphatic heterocycles. The number of ether oxygens (including phenoxy) is 1. The number of pyridine rings is 1. The van der Waals surface area contributed by atoms with Crippen LogP contribution in [0.1, 0.15) is 40.9 Å². The van der Waals surface area contributed by atoms with Gasteiger partial charge in [0.2, 0.25) is 5.91 Å². The second-order valence-electron chi connectivity index (χ2n) is 5.89. The predicted octanol–water partition coefficient (Wildman–Crippen LogP) is 2.27. The van der Waals surface area contributed by atoms with Crippen LogP contribution in [-0.4, -0.2) is 23.6 Å². The molecular weight excluding hydrogens is 346 g/mol. The third kappa shape index (κ3) is 4.42. The number of benzene rings is 1. The van der Waals surface area contributed by atoms with Gasteiger partial charge in [-0.25, -0.2) is 4.79 Å². The van der Waals surface area contributed by atoms with Crippen LogP contribution < -0.4 is 10.9 Å². The maximum Gasteiger partial charge on any atom is 0.339 e. The second kappa shape index (κ2) is 8.81. The van der Waals surface area contributed by atoms with Crippen molar-refractivity contribution in [3.05, 3.63) is 63.1 Å². The van der Waals surface area contributed by atoms with Gasteiger partial charge < -0.3 is 14.6 Å². The lowest BCUT2D eigenvalue weighted by molar-refractivity contribution is -0.116. The van der Waals surface area contributed by atoms with E-state index in [0.29, 0.717) is 0 Å². The van der Waals surface area contributed by atoms with Crippen LogP contribution >= 0.6 is 0 Å². The van der Waals surface area contributed by atoms with Gasteiger partial charge in [-0.15, -0.1) is 0 Å². The average molecular weight is 367 g/mol. The highest BCUT2D eigenvalue weighted by atomic mass is 16.5. The smallest absolute Gasteiger partial charge is 0.339 e. The van der Waals surface area contributed by atoms with E-state index in [1.54, 1.807) is 6.07 Å². The third-order valence-electron chi connectivity index (χ3n) is 4.20. The van der Waals surface area contributed by atoms with E-state index in [1.165, 1.54) is 13.3 Å². The van der Waals surface area contributed by atoms with Gasteiger partial charge in [0.25, 0.3) is 5.56 Å². The van der Waals surface area contributed by atoms with Crippen molar-refractivity contribution < 1.29 is 14.3 Å². The zero-order valence-electron chi connectivity index (χ0n) is 15.5. The Kier molecular flexibility index (Phi) is 6.50. The molecule has 1 aromatic carbocycles. The summed E-state index contributed by atoms with van der Waals surface area (Å²) in [6.07, 6.45) is 2.72. The lowest BCUT2D eigenvalue weighted by atomic mass is 10.0. The molecule has 0 atom stereocenters. The van der Waals surface area contributed by atoms with E-state index in [1.807, 2.05) is 32.0 Å². The Morgan fingerprint density at radius 3 is 2.37 bits per heavy atom. The number of nitrogens with one attached hydrogen (secondary N) is 1. The number of esters is 1. The van der Waals surface area contributed by atoms with Crippen LogP contribution in [-0.2, 0) is 28.9 Å². The number of nitriles is 1. The topological polar surface area (TPSA) is 101 Å². The molecule has 0 aliphatic carbocycles. The van der Waals surface area contributed by atoms with E-state index in [0.717, 1.165) is 40.3 Å². The summed E-state index contributed by atoms with van der Waals surface area (Å²) in [5, 5.41) is 12.0. The van der Waals surface area contributed by atoms with Gasteiger partial charge in [-0.1, -0.05) is 32.0 Å². The van der Waals surface area contributed by atoms with Crippen LogP contribution in [0.4, 0.5) is 5.69 Å². The predicted molar refractivity (Wildman–Crippen MR) is 101 cm³/mol. The monoisotopic (exact) mass is 367 g/mol. The first-order chi connectivity index (χ1) is 12.9. The number of carbonyl (C=O) groups is 2. The first kappa shape index (κ1) is 19.9. The Morgan fingerprint density at radius 2 is 1.85 bits per heavy atom. The summed E-state index contributed by atoms with van der Waals surface area (Å²) in [7, 11) is 1.20. The van der Waals surface area contributed by atoms with Crippen molar-refractivity contribution >= 4 is 17.6 Å².